The van der Waals surface area contributed by atoms with E-state index in [1.165, 1.54) is 6.08 Å². The minimum atomic E-state index is -0.460. The molecule has 1 aliphatic heterocycles. The minimum Gasteiger partial charge on any atom is -0.397 e. The van der Waals surface area contributed by atoms with E-state index < -0.39 is 6.67 Å². The number of carbonyl (C=O) groups is 2. The zero-order valence-electron chi connectivity index (χ0n) is 19.7. The maximum atomic E-state index is 13.1. The highest BCUT2D eigenvalue weighted by atomic mass is 35.5. The van der Waals surface area contributed by atoms with E-state index in [9.17, 15) is 14.0 Å². The number of likely N-dealkylation sites (tertiary alicyclic amines) is 1. The van der Waals surface area contributed by atoms with Crippen molar-refractivity contribution in [2.75, 3.05) is 42.7 Å². The van der Waals surface area contributed by atoms with Crippen LogP contribution in [0, 0.1) is 5.92 Å². The van der Waals surface area contributed by atoms with Gasteiger partial charge >= 0.3 is 0 Å². The molecule has 0 saturated carbocycles. The van der Waals surface area contributed by atoms with Gasteiger partial charge in [-0.25, -0.2) is 4.39 Å². The lowest BCUT2D eigenvalue weighted by atomic mass is 9.88. The molecule has 0 aliphatic carbocycles. The molecule has 2 atom stereocenters. The van der Waals surface area contributed by atoms with Crippen LogP contribution < -0.4 is 16.4 Å². The van der Waals surface area contributed by atoms with Gasteiger partial charge in [-0.05, 0) is 53.6 Å². The fourth-order valence-corrected chi connectivity index (χ4v) is 4.50. The van der Waals surface area contributed by atoms with Gasteiger partial charge in [0.1, 0.15) is 6.67 Å². The van der Waals surface area contributed by atoms with Crippen LogP contribution in [0.2, 0.25) is 5.02 Å². The van der Waals surface area contributed by atoms with Crippen LogP contribution in [0.5, 0.6) is 0 Å². The number of nitrogens with two attached hydrogens (primary N) is 1. The SMILES string of the molecule is Nc1ccccc1NC(=O)/C=C/c1ccc([C@H]2CN(CCF)C[C@@H]2C(=O)Nc2ccc(Cl)cc2)cc1. The number of hydrogen-bond acceptors (Lipinski definition) is 4. The van der Waals surface area contributed by atoms with Crippen molar-refractivity contribution in [2.45, 2.75) is 5.92 Å². The minimum absolute atomic E-state index is 0.0776. The van der Waals surface area contributed by atoms with E-state index in [4.69, 9.17) is 17.3 Å². The summed E-state index contributed by atoms with van der Waals surface area (Å²) in [6.07, 6.45) is 3.16. The number of nitrogens with one attached hydrogen (secondary N) is 2. The number of carbonyl (C=O) groups excluding carboxylic acids is 2. The number of anilines is 3. The number of alkyl halides is 1. The molecule has 186 valence electrons. The van der Waals surface area contributed by atoms with Crippen LogP contribution in [0.1, 0.15) is 17.0 Å². The first kappa shape index (κ1) is 25.4. The molecule has 1 saturated heterocycles. The largest absolute Gasteiger partial charge is 0.397 e. The average molecular weight is 507 g/mol. The molecular weight excluding hydrogens is 479 g/mol. The Balaban J connectivity index is 1.43. The molecule has 4 rings (SSSR count). The van der Waals surface area contributed by atoms with E-state index in [-0.39, 0.29) is 23.7 Å². The van der Waals surface area contributed by atoms with E-state index in [1.807, 2.05) is 29.2 Å². The number of nitrogen functional groups attached to an aromatic ring is 1. The molecular formula is C28H28ClFN4O2. The molecule has 3 aromatic rings. The number of benzene rings is 3. The number of amides is 2. The van der Waals surface area contributed by atoms with Crippen molar-refractivity contribution in [3.63, 3.8) is 0 Å². The fourth-order valence-electron chi connectivity index (χ4n) is 4.37. The smallest absolute Gasteiger partial charge is 0.248 e. The Morgan fingerprint density at radius 3 is 2.42 bits per heavy atom. The quantitative estimate of drug-likeness (QED) is 0.289. The van der Waals surface area contributed by atoms with Gasteiger partial charge in [-0.2, -0.15) is 0 Å². The molecule has 0 bridgehead atoms. The van der Waals surface area contributed by atoms with E-state index in [0.717, 1.165) is 11.1 Å². The van der Waals surface area contributed by atoms with E-state index in [0.29, 0.717) is 41.7 Å². The molecule has 0 unspecified atom stereocenters. The first-order valence-corrected chi connectivity index (χ1v) is 12.1. The summed E-state index contributed by atoms with van der Waals surface area (Å²) in [5, 5.41) is 6.31. The van der Waals surface area contributed by atoms with Crippen molar-refractivity contribution in [2.24, 2.45) is 5.92 Å². The van der Waals surface area contributed by atoms with Gasteiger partial charge in [0.15, 0.2) is 0 Å². The second kappa shape index (κ2) is 11.8. The van der Waals surface area contributed by atoms with Crippen LogP contribution in [-0.4, -0.2) is 43.0 Å². The molecule has 6 nitrogen and oxygen atoms in total. The molecule has 3 aromatic carbocycles. The first-order chi connectivity index (χ1) is 17.4. The maximum Gasteiger partial charge on any atom is 0.248 e. The van der Waals surface area contributed by atoms with Gasteiger partial charge < -0.3 is 16.4 Å². The molecule has 1 fully saturated rings. The van der Waals surface area contributed by atoms with Crippen LogP contribution >= 0.6 is 11.6 Å². The standard InChI is InChI=1S/C28H28ClFN4O2/c29-21-10-12-22(13-11-21)32-28(36)24-18-34(16-15-30)17-23(24)20-8-5-19(6-9-20)7-14-27(35)33-26-4-2-1-3-25(26)31/h1-14,23-24H,15-18,31H2,(H,32,36)(H,33,35)/b14-7+/t23-,24+/m1/s1. The van der Waals surface area contributed by atoms with E-state index in [2.05, 4.69) is 10.6 Å². The lowest BCUT2D eigenvalue weighted by molar-refractivity contribution is -0.120. The predicted octanol–water partition coefficient (Wildman–Crippen LogP) is 5.20. The monoisotopic (exact) mass is 506 g/mol. The van der Waals surface area contributed by atoms with E-state index >= 15 is 0 Å². The molecule has 0 spiro atoms. The summed E-state index contributed by atoms with van der Waals surface area (Å²) < 4.78 is 13.0. The molecule has 8 heteroatoms. The number of hydrogen-bond donors (Lipinski definition) is 3. The topological polar surface area (TPSA) is 87.5 Å². The van der Waals surface area contributed by atoms with Gasteiger partial charge in [0.2, 0.25) is 11.8 Å². The fraction of sp³-hybridized carbons (Fsp3) is 0.214. The lowest BCUT2D eigenvalue weighted by Gasteiger charge is -2.19. The highest BCUT2D eigenvalue weighted by Gasteiger charge is 2.38. The maximum absolute atomic E-state index is 13.1. The molecule has 1 heterocycles. The zero-order valence-corrected chi connectivity index (χ0v) is 20.4. The van der Waals surface area contributed by atoms with Gasteiger partial charge in [-0.1, -0.05) is 48.0 Å². The van der Waals surface area contributed by atoms with Crippen molar-refractivity contribution in [1.82, 2.24) is 4.90 Å². The third-order valence-electron chi connectivity index (χ3n) is 6.26. The van der Waals surface area contributed by atoms with E-state index in [1.54, 1.807) is 54.6 Å². The Morgan fingerprint density at radius 1 is 1.00 bits per heavy atom. The summed E-state index contributed by atoms with van der Waals surface area (Å²) in [4.78, 5) is 27.4. The normalized spacial score (nSPS) is 17.8. The van der Waals surface area contributed by atoms with Gasteiger partial charge in [0.05, 0.1) is 17.3 Å². The van der Waals surface area contributed by atoms with Crippen LogP contribution in [0.3, 0.4) is 0 Å². The van der Waals surface area contributed by atoms with Gasteiger partial charge in [0.25, 0.3) is 0 Å². The number of rotatable bonds is 8. The van der Waals surface area contributed by atoms with Gasteiger partial charge in [-0.3, -0.25) is 14.5 Å². The van der Waals surface area contributed by atoms with Crippen molar-refractivity contribution in [3.05, 3.63) is 95.0 Å². The Bertz CT molecular complexity index is 1230. The Hall–Kier alpha value is -3.68. The molecule has 0 aromatic heterocycles. The third-order valence-corrected chi connectivity index (χ3v) is 6.51. The number of halogens is 2. The molecule has 0 radical (unpaired) electrons. The zero-order chi connectivity index (χ0) is 25.5. The highest BCUT2D eigenvalue weighted by molar-refractivity contribution is 6.30. The molecule has 4 N–H and O–H groups in total. The molecule has 36 heavy (non-hydrogen) atoms. The van der Waals surface area contributed by atoms with Crippen molar-refractivity contribution in [3.8, 4) is 0 Å². The summed E-state index contributed by atoms with van der Waals surface area (Å²) >= 11 is 5.94. The van der Waals surface area contributed by atoms with Gasteiger partial charge in [0, 0.05) is 42.3 Å². The van der Waals surface area contributed by atoms with Crippen LogP contribution in [0.25, 0.3) is 6.08 Å². The summed E-state index contributed by atoms with van der Waals surface area (Å²) in [6, 6.07) is 21.7. The first-order valence-electron chi connectivity index (χ1n) is 11.7. The summed E-state index contributed by atoms with van der Waals surface area (Å²) in [7, 11) is 0. The van der Waals surface area contributed by atoms with Crippen LogP contribution in [-0.2, 0) is 9.59 Å². The highest BCUT2D eigenvalue weighted by Crippen LogP contribution is 2.34. The summed E-state index contributed by atoms with van der Waals surface area (Å²) in [5.74, 6) is -0.792. The van der Waals surface area contributed by atoms with Crippen molar-refractivity contribution in [1.29, 1.82) is 0 Å². The van der Waals surface area contributed by atoms with Crippen LogP contribution in [0.4, 0.5) is 21.5 Å². The van der Waals surface area contributed by atoms with Crippen molar-refractivity contribution < 1.29 is 14.0 Å². The number of para-hydroxylation sites is 2. The molecule has 2 amide bonds. The Kier molecular flexibility index (Phi) is 8.36. The second-order valence-corrected chi connectivity index (χ2v) is 9.17. The summed E-state index contributed by atoms with van der Waals surface area (Å²) in [5.41, 5.74) is 9.43. The van der Waals surface area contributed by atoms with Crippen molar-refractivity contribution >= 4 is 46.6 Å². The number of nitrogens with zero attached hydrogens (tertiary/aromatic N) is 1. The Morgan fingerprint density at radius 2 is 1.72 bits per heavy atom. The summed E-state index contributed by atoms with van der Waals surface area (Å²) in [6.45, 7) is 0.916. The molecule has 1 aliphatic rings. The second-order valence-electron chi connectivity index (χ2n) is 8.73. The predicted molar refractivity (Wildman–Crippen MR) is 144 cm³/mol. The average Bonchev–Trinajstić information content (AvgIpc) is 3.30. The van der Waals surface area contributed by atoms with Gasteiger partial charge in [-0.15, -0.1) is 0 Å². The van der Waals surface area contributed by atoms with Crippen LogP contribution in [0.15, 0.2) is 78.9 Å². The Labute approximate surface area is 214 Å². The third kappa shape index (κ3) is 6.50. The lowest BCUT2D eigenvalue weighted by Crippen LogP contribution is -2.29.